The quantitative estimate of drug-likeness (QED) is 0.591. The molecule has 9 heteroatoms. The van der Waals surface area contributed by atoms with Crippen LogP contribution >= 0.6 is 0 Å². The molecule has 8 nitrogen and oxygen atoms in total. The van der Waals surface area contributed by atoms with Crippen molar-refractivity contribution < 1.29 is 19.0 Å². The summed E-state index contributed by atoms with van der Waals surface area (Å²) in [7, 11) is 0. The molecule has 2 aliphatic heterocycles. The maximum absolute atomic E-state index is 14.9. The Labute approximate surface area is 182 Å². The van der Waals surface area contributed by atoms with E-state index < -0.39 is 28.9 Å². The second-order valence-corrected chi connectivity index (χ2v) is 7.43. The average molecular weight is 434 g/mol. The van der Waals surface area contributed by atoms with Gasteiger partial charge in [-0.2, -0.15) is 0 Å². The highest BCUT2D eigenvalue weighted by Crippen LogP contribution is 2.37. The zero-order chi connectivity index (χ0) is 22.2. The summed E-state index contributed by atoms with van der Waals surface area (Å²) in [5.74, 6) is -1.57. The summed E-state index contributed by atoms with van der Waals surface area (Å²) >= 11 is 0. The minimum atomic E-state index is -0.684. The van der Waals surface area contributed by atoms with E-state index in [1.807, 2.05) is 6.07 Å². The Morgan fingerprint density at radius 2 is 1.97 bits per heavy atom. The number of halogens is 1. The van der Waals surface area contributed by atoms with Crippen molar-refractivity contribution in [1.82, 2.24) is 14.6 Å². The molecular weight excluding hydrogens is 415 g/mol. The predicted octanol–water partition coefficient (Wildman–Crippen LogP) is 2.18. The highest BCUT2D eigenvalue weighted by atomic mass is 19.1. The number of fused-ring (bicyclic) bond motifs is 5. The van der Waals surface area contributed by atoms with E-state index >= 15 is 0 Å². The highest BCUT2D eigenvalue weighted by Gasteiger charge is 2.38. The van der Waals surface area contributed by atoms with Gasteiger partial charge in [0, 0.05) is 30.6 Å². The van der Waals surface area contributed by atoms with E-state index in [4.69, 9.17) is 4.74 Å². The first kappa shape index (κ1) is 19.8. The van der Waals surface area contributed by atoms with Gasteiger partial charge in [0.1, 0.15) is 19.3 Å². The van der Waals surface area contributed by atoms with Gasteiger partial charge in [0.2, 0.25) is 5.43 Å². The van der Waals surface area contributed by atoms with Crippen molar-refractivity contribution in [3.05, 3.63) is 100 Å². The molecular formula is C23H19FN4O4. The molecule has 2 aliphatic rings. The zero-order valence-electron chi connectivity index (χ0n) is 16.9. The molecule has 0 saturated carbocycles. The second-order valence-electron chi connectivity index (χ2n) is 7.43. The van der Waals surface area contributed by atoms with Gasteiger partial charge in [0.25, 0.3) is 5.91 Å². The van der Waals surface area contributed by atoms with Crippen LogP contribution in [-0.4, -0.2) is 45.4 Å². The summed E-state index contributed by atoms with van der Waals surface area (Å²) in [6.45, 7) is 0.436. The third kappa shape index (κ3) is 3.18. The minimum Gasteiger partial charge on any atom is -0.502 e. The van der Waals surface area contributed by atoms with Crippen LogP contribution in [0.15, 0.2) is 71.8 Å². The molecule has 5 rings (SSSR count). The fourth-order valence-corrected chi connectivity index (χ4v) is 4.04. The highest BCUT2D eigenvalue weighted by molar-refractivity contribution is 5.96. The minimum absolute atomic E-state index is 0.0740. The van der Waals surface area contributed by atoms with Gasteiger partial charge >= 0.3 is 0 Å². The van der Waals surface area contributed by atoms with Crippen molar-refractivity contribution in [2.45, 2.75) is 6.04 Å². The van der Waals surface area contributed by atoms with E-state index in [0.29, 0.717) is 11.3 Å². The van der Waals surface area contributed by atoms with Gasteiger partial charge in [-0.1, -0.05) is 24.3 Å². The number of hydrogen-bond acceptors (Lipinski definition) is 6. The maximum Gasteiger partial charge on any atom is 0.278 e. The summed E-state index contributed by atoms with van der Waals surface area (Å²) in [5, 5.41) is 12.2. The van der Waals surface area contributed by atoms with Crippen molar-refractivity contribution in [3.63, 3.8) is 0 Å². The molecule has 0 unspecified atom stereocenters. The topological polar surface area (TPSA) is 87.9 Å². The number of benzene rings is 1. The number of amides is 1. The molecule has 0 aliphatic carbocycles. The number of para-hydroxylation sites is 1. The van der Waals surface area contributed by atoms with Gasteiger partial charge in [-0.15, -0.1) is 0 Å². The molecule has 0 spiro atoms. The number of aromatic nitrogens is 2. The summed E-state index contributed by atoms with van der Waals surface area (Å²) < 4.78 is 22.1. The van der Waals surface area contributed by atoms with Crippen LogP contribution in [0.2, 0.25) is 0 Å². The second kappa shape index (κ2) is 7.84. The SMILES string of the molecule is O=C1c2c(O)c(=O)ccn2N2CN1C/C=C/COc1c(F)cccc1[C@H]2c1ccccn1. The lowest BCUT2D eigenvalue weighted by Gasteiger charge is -2.43. The van der Waals surface area contributed by atoms with E-state index in [0.717, 1.165) is 0 Å². The van der Waals surface area contributed by atoms with E-state index in [2.05, 4.69) is 4.98 Å². The fourth-order valence-electron chi connectivity index (χ4n) is 4.04. The van der Waals surface area contributed by atoms with Gasteiger partial charge in [-0.25, -0.2) is 4.39 Å². The van der Waals surface area contributed by atoms with Gasteiger partial charge in [0.15, 0.2) is 23.0 Å². The van der Waals surface area contributed by atoms with Gasteiger partial charge in [-0.05, 0) is 24.3 Å². The van der Waals surface area contributed by atoms with E-state index in [1.54, 1.807) is 47.6 Å². The van der Waals surface area contributed by atoms with Crippen molar-refractivity contribution in [3.8, 4) is 11.5 Å². The molecule has 162 valence electrons. The molecule has 0 saturated heterocycles. The fraction of sp³-hybridized carbons (Fsp3) is 0.174. The Morgan fingerprint density at radius 3 is 2.78 bits per heavy atom. The zero-order valence-corrected chi connectivity index (χ0v) is 16.9. The molecule has 1 N–H and O–H groups in total. The van der Waals surface area contributed by atoms with E-state index in [1.165, 1.54) is 27.9 Å². The summed E-state index contributed by atoms with van der Waals surface area (Å²) in [5.41, 5.74) is 0.262. The smallest absolute Gasteiger partial charge is 0.278 e. The standard InChI is InChI=1S/C23H19FN4O4/c24-16-7-5-6-15-19(17-8-1-2-10-25-17)28-14-26(11-3-4-13-32-22(15)16)23(31)20-21(30)18(29)9-12-27(20)28/h1-10,12,19,30H,11,13-14H2/b4-3+/t19-/m0/s1. The van der Waals surface area contributed by atoms with Crippen molar-refractivity contribution in [1.29, 1.82) is 0 Å². The van der Waals surface area contributed by atoms with Gasteiger partial charge in [0.05, 0.1) is 5.69 Å². The van der Waals surface area contributed by atoms with Crippen LogP contribution in [0.1, 0.15) is 27.8 Å². The Balaban J connectivity index is 1.82. The van der Waals surface area contributed by atoms with Crippen LogP contribution in [0, 0.1) is 5.82 Å². The Bertz CT molecular complexity index is 1270. The van der Waals surface area contributed by atoms with Gasteiger partial charge < -0.3 is 14.7 Å². The molecule has 1 aromatic carbocycles. The molecule has 1 atom stereocenters. The van der Waals surface area contributed by atoms with Crippen LogP contribution in [0.5, 0.6) is 11.5 Å². The lowest BCUT2D eigenvalue weighted by Crippen LogP contribution is -2.55. The number of nitrogens with zero attached hydrogens (tertiary/aromatic N) is 4. The molecule has 32 heavy (non-hydrogen) atoms. The van der Waals surface area contributed by atoms with Crippen molar-refractivity contribution >= 4 is 5.91 Å². The molecule has 2 aromatic heterocycles. The Hall–Kier alpha value is -4.14. The Kier molecular flexibility index (Phi) is 4.85. The van der Waals surface area contributed by atoms with Crippen molar-refractivity contribution in [2.75, 3.05) is 24.8 Å². The summed E-state index contributed by atoms with van der Waals surface area (Å²) in [4.78, 5) is 31.2. The molecule has 4 heterocycles. The van der Waals surface area contributed by atoms with Crippen LogP contribution in [0.4, 0.5) is 4.39 Å². The average Bonchev–Trinajstić information content (AvgIpc) is 2.83. The third-order valence-electron chi connectivity index (χ3n) is 5.51. The predicted molar refractivity (Wildman–Crippen MR) is 114 cm³/mol. The first-order chi connectivity index (χ1) is 15.6. The Morgan fingerprint density at radius 1 is 1.09 bits per heavy atom. The number of carbonyl (C=O) groups excluding carboxylic acids is 1. The molecule has 2 bridgehead atoms. The third-order valence-corrected chi connectivity index (χ3v) is 5.51. The monoisotopic (exact) mass is 434 g/mol. The van der Waals surface area contributed by atoms with E-state index in [9.17, 15) is 19.1 Å². The molecule has 0 radical (unpaired) electrons. The first-order valence-electron chi connectivity index (χ1n) is 10.0. The molecule has 0 fully saturated rings. The number of pyridine rings is 2. The first-order valence-corrected chi connectivity index (χ1v) is 10.0. The molecule has 3 aromatic rings. The van der Waals surface area contributed by atoms with Crippen LogP contribution in [0.3, 0.4) is 0 Å². The summed E-state index contributed by atoms with van der Waals surface area (Å²) in [6, 6.07) is 10.5. The number of hydrogen-bond donors (Lipinski definition) is 1. The lowest BCUT2D eigenvalue weighted by atomic mass is 10.0. The largest absolute Gasteiger partial charge is 0.502 e. The molecule has 1 amide bonds. The number of ether oxygens (including phenoxy) is 1. The number of carbonyl (C=O) groups is 1. The summed E-state index contributed by atoms with van der Waals surface area (Å²) in [6.07, 6.45) is 6.48. The maximum atomic E-state index is 14.9. The van der Waals surface area contributed by atoms with Crippen molar-refractivity contribution in [2.24, 2.45) is 0 Å². The number of aromatic hydroxyl groups is 1. The normalized spacial score (nSPS) is 18.8. The van der Waals surface area contributed by atoms with Crippen LogP contribution in [-0.2, 0) is 0 Å². The van der Waals surface area contributed by atoms with Crippen LogP contribution in [0.25, 0.3) is 0 Å². The van der Waals surface area contributed by atoms with Gasteiger partial charge in [-0.3, -0.25) is 24.3 Å². The van der Waals surface area contributed by atoms with E-state index in [-0.39, 0.29) is 31.3 Å². The lowest BCUT2D eigenvalue weighted by molar-refractivity contribution is 0.0701. The van der Waals surface area contributed by atoms with Crippen LogP contribution < -0.4 is 15.2 Å². The number of rotatable bonds is 1.